The van der Waals surface area contributed by atoms with E-state index in [-0.39, 0.29) is 5.52 Å². The summed E-state index contributed by atoms with van der Waals surface area (Å²) < 4.78 is 0. The van der Waals surface area contributed by atoms with Crippen LogP contribution in [0.4, 0.5) is 0 Å². The lowest BCUT2D eigenvalue weighted by Gasteiger charge is -1.99. The summed E-state index contributed by atoms with van der Waals surface area (Å²) in [6.07, 6.45) is 1.52. The molecule has 0 radical (unpaired) electrons. The van der Waals surface area contributed by atoms with Gasteiger partial charge in [0, 0.05) is 6.20 Å². The summed E-state index contributed by atoms with van der Waals surface area (Å²) in [7, 11) is 1.34. The second-order valence-corrected chi connectivity index (χ2v) is 2.32. The summed E-state index contributed by atoms with van der Waals surface area (Å²) >= 11 is 0. The number of nitrogens with zero attached hydrogens (tertiary/aromatic N) is 4. The Morgan fingerprint density at radius 2 is 2.38 bits per heavy atom. The van der Waals surface area contributed by atoms with Gasteiger partial charge in [-0.1, -0.05) is 0 Å². The topological polar surface area (TPSA) is 69.9 Å². The second kappa shape index (κ2) is 2.81. The van der Waals surface area contributed by atoms with E-state index in [1.165, 1.54) is 13.3 Å². The van der Waals surface area contributed by atoms with E-state index >= 15 is 0 Å². The summed E-state index contributed by atoms with van der Waals surface area (Å²) in [4.78, 5) is 20.7. The Labute approximate surface area is 72.7 Å². The molecule has 2 aromatic rings. The first-order chi connectivity index (χ1) is 6.33. The number of fused-ring (bicyclic) bond motifs is 1. The van der Waals surface area contributed by atoms with Crippen molar-refractivity contribution in [1.82, 2.24) is 20.1 Å². The molecule has 0 saturated heterocycles. The van der Waals surface area contributed by atoms with Gasteiger partial charge in [0.2, 0.25) is 0 Å². The lowest BCUT2D eigenvalue weighted by Crippen LogP contribution is -2.28. The average Bonchev–Trinajstić information content (AvgIpc) is 2.19. The standard InChI is InChI=1S/C7H6N4O2/c1-13-11-7(12)6-5(9-10-11)3-2-4-8-6/h2-4H,1H3. The molecule has 0 aliphatic carbocycles. The van der Waals surface area contributed by atoms with Crippen LogP contribution in [-0.2, 0) is 0 Å². The smallest absolute Gasteiger partial charge is 0.332 e. The van der Waals surface area contributed by atoms with Gasteiger partial charge >= 0.3 is 5.56 Å². The van der Waals surface area contributed by atoms with E-state index in [9.17, 15) is 4.79 Å². The fourth-order valence-corrected chi connectivity index (χ4v) is 0.982. The van der Waals surface area contributed by atoms with Gasteiger partial charge in [0.15, 0.2) is 5.52 Å². The molecule has 2 aromatic heterocycles. The molecule has 0 bridgehead atoms. The first-order valence-corrected chi connectivity index (χ1v) is 3.58. The molecule has 13 heavy (non-hydrogen) atoms. The van der Waals surface area contributed by atoms with Gasteiger partial charge < -0.3 is 4.84 Å². The molecule has 6 nitrogen and oxygen atoms in total. The summed E-state index contributed by atoms with van der Waals surface area (Å²) in [6, 6.07) is 3.35. The Morgan fingerprint density at radius 3 is 3.15 bits per heavy atom. The second-order valence-electron chi connectivity index (χ2n) is 2.32. The normalized spacial score (nSPS) is 10.2. The number of aromatic nitrogens is 4. The highest BCUT2D eigenvalue weighted by atomic mass is 16.7. The van der Waals surface area contributed by atoms with Crippen molar-refractivity contribution in [2.45, 2.75) is 0 Å². The Kier molecular flexibility index (Phi) is 1.66. The molecule has 2 heterocycles. The molecule has 66 valence electrons. The van der Waals surface area contributed by atoms with Crippen LogP contribution in [0.15, 0.2) is 23.1 Å². The zero-order valence-electron chi connectivity index (χ0n) is 6.84. The lowest BCUT2D eigenvalue weighted by atomic mass is 10.4. The Bertz CT molecular complexity index is 493. The van der Waals surface area contributed by atoms with Crippen LogP contribution in [0.3, 0.4) is 0 Å². The van der Waals surface area contributed by atoms with E-state index in [1.807, 2.05) is 0 Å². The van der Waals surface area contributed by atoms with Crippen molar-refractivity contribution in [3.8, 4) is 0 Å². The van der Waals surface area contributed by atoms with Gasteiger partial charge in [-0.25, -0.2) is 4.98 Å². The van der Waals surface area contributed by atoms with Crippen molar-refractivity contribution < 1.29 is 4.84 Å². The zero-order chi connectivity index (χ0) is 9.26. The Morgan fingerprint density at radius 1 is 1.54 bits per heavy atom. The number of hydrogen-bond donors (Lipinski definition) is 0. The van der Waals surface area contributed by atoms with Crippen LogP contribution in [0.1, 0.15) is 0 Å². The molecule has 0 spiro atoms. The van der Waals surface area contributed by atoms with Crippen molar-refractivity contribution in [2.24, 2.45) is 0 Å². The van der Waals surface area contributed by atoms with E-state index in [0.717, 1.165) is 4.85 Å². The summed E-state index contributed by atoms with van der Waals surface area (Å²) in [6.45, 7) is 0. The maximum Gasteiger partial charge on any atom is 0.332 e. The van der Waals surface area contributed by atoms with Gasteiger partial charge in [-0.05, 0) is 22.2 Å². The molecule has 0 fully saturated rings. The fraction of sp³-hybridized carbons (Fsp3) is 0.143. The van der Waals surface area contributed by atoms with E-state index in [1.54, 1.807) is 12.1 Å². The molecular formula is C7H6N4O2. The van der Waals surface area contributed by atoms with Crippen LogP contribution in [-0.4, -0.2) is 27.3 Å². The van der Waals surface area contributed by atoms with Crippen LogP contribution in [0.5, 0.6) is 0 Å². The van der Waals surface area contributed by atoms with Crippen molar-refractivity contribution >= 4 is 11.0 Å². The van der Waals surface area contributed by atoms with Crippen LogP contribution in [0.2, 0.25) is 0 Å². The largest absolute Gasteiger partial charge is 0.396 e. The van der Waals surface area contributed by atoms with Crippen LogP contribution in [0, 0.1) is 0 Å². The van der Waals surface area contributed by atoms with E-state index in [0.29, 0.717) is 5.52 Å². The monoisotopic (exact) mass is 178 g/mol. The van der Waals surface area contributed by atoms with Gasteiger partial charge in [0.05, 0.1) is 0 Å². The third-order valence-corrected chi connectivity index (χ3v) is 1.57. The first kappa shape index (κ1) is 7.66. The zero-order valence-corrected chi connectivity index (χ0v) is 6.84. The minimum atomic E-state index is -0.409. The van der Waals surface area contributed by atoms with E-state index < -0.39 is 5.56 Å². The maximum atomic E-state index is 11.4. The number of pyridine rings is 1. The average molecular weight is 178 g/mol. The van der Waals surface area contributed by atoms with Crippen LogP contribution >= 0.6 is 0 Å². The number of rotatable bonds is 1. The molecule has 0 unspecified atom stereocenters. The van der Waals surface area contributed by atoms with Crippen molar-refractivity contribution in [3.05, 3.63) is 28.7 Å². The molecule has 6 heteroatoms. The highest BCUT2D eigenvalue weighted by Gasteiger charge is 2.04. The van der Waals surface area contributed by atoms with Gasteiger partial charge in [0.25, 0.3) is 0 Å². The molecule has 0 atom stereocenters. The molecule has 0 N–H and O–H groups in total. The molecule has 0 aliphatic heterocycles. The quantitative estimate of drug-likeness (QED) is 0.574. The maximum absolute atomic E-state index is 11.4. The fourth-order valence-electron chi connectivity index (χ4n) is 0.982. The third kappa shape index (κ3) is 1.12. The first-order valence-electron chi connectivity index (χ1n) is 3.58. The molecule has 0 aromatic carbocycles. The van der Waals surface area contributed by atoms with Gasteiger partial charge in [-0.3, -0.25) is 4.79 Å². The highest BCUT2D eigenvalue weighted by Crippen LogP contribution is 1.98. The summed E-state index contributed by atoms with van der Waals surface area (Å²) in [5, 5.41) is 7.26. The van der Waals surface area contributed by atoms with Crippen molar-refractivity contribution in [2.75, 3.05) is 7.11 Å². The van der Waals surface area contributed by atoms with Gasteiger partial charge in [-0.15, -0.1) is 5.10 Å². The summed E-state index contributed by atoms with van der Waals surface area (Å²) in [5.74, 6) is 0. The molecule has 0 amide bonds. The van der Waals surface area contributed by atoms with Crippen LogP contribution in [0.25, 0.3) is 11.0 Å². The van der Waals surface area contributed by atoms with E-state index in [4.69, 9.17) is 0 Å². The summed E-state index contributed by atoms with van der Waals surface area (Å²) in [5.41, 5.74) is 0.299. The Balaban J connectivity index is 2.87. The molecule has 0 saturated carbocycles. The van der Waals surface area contributed by atoms with Crippen molar-refractivity contribution in [3.63, 3.8) is 0 Å². The third-order valence-electron chi connectivity index (χ3n) is 1.57. The Hall–Kier alpha value is -1.98. The SMILES string of the molecule is COn1nnc2cccnc2c1=O. The molecule has 2 rings (SSSR count). The molecular weight excluding hydrogens is 172 g/mol. The van der Waals surface area contributed by atoms with E-state index in [2.05, 4.69) is 20.1 Å². The van der Waals surface area contributed by atoms with Crippen molar-refractivity contribution in [1.29, 1.82) is 0 Å². The highest BCUT2D eigenvalue weighted by molar-refractivity contribution is 5.71. The minimum Gasteiger partial charge on any atom is -0.396 e. The molecule has 0 aliphatic rings. The minimum absolute atomic E-state index is 0.249. The van der Waals surface area contributed by atoms with Gasteiger partial charge in [0.1, 0.15) is 12.6 Å². The van der Waals surface area contributed by atoms with Crippen LogP contribution < -0.4 is 10.4 Å². The lowest BCUT2D eigenvalue weighted by molar-refractivity contribution is 0.115. The van der Waals surface area contributed by atoms with Gasteiger partial charge in [-0.2, -0.15) is 0 Å². The predicted molar refractivity (Wildman–Crippen MR) is 44.1 cm³/mol. The number of hydrogen-bond acceptors (Lipinski definition) is 5. The predicted octanol–water partition coefficient (Wildman–Crippen LogP) is -0.755.